The zero-order valence-electron chi connectivity index (χ0n) is 14.6. The molecule has 0 N–H and O–H groups in total. The second-order valence-electron chi connectivity index (χ2n) is 6.48. The molecule has 1 aliphatic rings. The van der Waals surface area contributed by atoms with Crippen molar-refractivity contribution in [2.24, 2.45) is 5.92 Å². The van der Waals surface area contributed by atoms with Gasteiger partial charge in [0.2, 0.25) is 11.6 Å². The highest BCUT2D eigenvalue weighted by Gasteiger charge is 2.52. The van der Waals surface area contributed by atoms with E-state index in [1.807, 2.05) is 24.3 Å². The van der Waals surface area contributed by atoms with E-state index in [1.165, 1.54) is 17.2 Å². The first-order chi connectivity index (χ1) is 13.6. The predicted molar refractivity (Wildman–Crippen MR) is 103 cm³/mol. The number of amides is 1. The van der Waals surface area contributed by atoms with E-state index in [2.05, 4.69) is 20.9 Å². The number of hydrogen-bond donors (Lipinski definition) is 0. The number of halogens is 1. The lowest BCUT2D eigenvalue weighted by Crippen LogP contribution is -2.30. The smallest absolute Gasteiger partial charge is 0.291 e. The van der Waals surface area contributed by atoms with Gasteiger partial charge in [0.1, 0.15) is 5.92 Å². The Hall–Kier alpha value is -3.06. The molecule has 28 heavy (non-hydrogen) atoms. The molecule has 2 unspecified atom stereocenters. The average Bonchev–Trinajstić information content (AvgIpc) is 3.32. The molecule has 0 bridgehead atoms. The van der Waals surface area contributed by atoms with Crippen LogP contribution in [-0.2, 0) is 16.1 Å². The molecule has 4 rings (SSSR count). The molecule has 0 aliphatic carbocycles. The molecule has 1 fully saturated rings. The van der Waals surface area contributed by atoms with Crippen LogP contribution < -0.4 is 0 Å². The van der Waals surface area contributed by atoms with Crippen molar-refractivity contribution >= 4 is 33.4 Å². The maximum Gasteiger partial charge on any atom is 0.291 e. The number of ketones is 2. The van der Waals surface area contributed by atoms with Crippen molar-refractivity contribution in [1.82, 2.24) is 9.88 Å². The van der Waals surface area contributed by atoms with Crippen LogP contribution in [0, 0.1) is 5.92 Å². The summed E-state index contributed by atoms with van der Waals surface area (Å²) < 4.78 is 6.00. The van der Waals surface area contributed by atoms with Gasteiger partial charge >= 0.3 is 0 Å². The highest BCUT2D eigenvalue weighted by Crippen LogP contribution is 2.39. The molecule has 6 nitrogen and oxygen atoms in total. The van der Waals surface area contributed by atoms with E-state index < -0.39 is 29.4 Å². The Morgan fingerprint density at radius 3 is 2.68 bits per heavy atom. The van der Waals surface area contributed by atoms with Crippen LogP contribution in [0.3, 0.4) is 0 Å². The van der Waals surface area contributed by atoms with E-state index in [0.717, 1.165) is 10.0 Å². The number of aromatic nitrogens is 1. The molecule has 2 atom stereocenters. The lowest BCUT2D eigenvalue weighted by molar-refractivity contribution is -0.141. The fraction of sp³-hybridized carbons (Fsp3) is 0.143. The van der Waals surface area contributed by atoms with Gasteiger partial charge in [-0.2, -0.15) is 0 Å². The highest BCUT2D eigenvalue weighted by molar-refractivity contribution is 9.10. The topological polar surface area (TPSA) is 80.5 Å². The number of hydrogen-bond acceptors (Lipinski definition) is 5. The average molecular weight is 439 g/mol. The summed E-state index contributed by atoms with van der Waals surface area (Å²) in [5.41, 5.74) is 1.47. The Morgan fingerprint density at radius 2 is 2.00 bits per heavy atom. The first kappa shape index (κ1) is 18.3. The third-order valence-corrected chi connectivity index (χ3v) is 5.21. The summed E-state index contributed by atoms with van der Waals surface area (Å²) in [4.78, 5) is 44.2. The van der Waals surface area contributed by atoms with E-state index in [0.29, 0.717) is 5.56 Å². The highest BCUT2D eigenvalue weighted by atomic mass is 79.9. The lowest BCUT2D eigenvalue weighted by atomic mass is 9.88. The standard InChI is InChI=1S/C21H15BrN2O4/c22-15-6-1-5-14(10-15)18-17(19(25)16-7-3-9-28-16)20(26)21(27)24(18)12-13-4-2-8-23-11-13/h1-11,17-18H,12H2. The van der Waals surface area contributed by atoms with E-state index in [1.54, 1.807) is 30.6 Å². The molecule has 1 aromatic carbocycles. The minimum absolute atomic E-state index is 0.0642. The van der Waals surface area contributed by atoms with E-state index >= 15 is 0 Å². The van der Waals surface area contributed by atoms with Gasteiger partial charge in [-0.05, 0) is 41.5 Å². The molecule has 7 heteroatoms. The number of carbonyl (C=O) groups excluding carboxylic acids is 3. The molecular weight excluding hydrogens is 424 g/mol. The van der Waals surface area contributed by atoms with Crippen molar-refractivity contribution in [2.75, 3.05) is 0 Å². The number of Topliss-reactive ketones (excluding diaryl/α,β-unsaturated/α-hetero) is 2. The normalized spacial score (nSPS) is 19.2. The number of rotatable bonds is 5. The summed E-state index contributed by atoms with van der Waals surface area (Å²) >= 11 is 3.42. The van der Waals surface area contributed by atoms with Gasteiger partial charge in [-0.3, -0.25) is 19.4 Å². The van der Waals surface area contributed by atoms with Gasteiger partial charge in [0.25, 0.3) is 5.91 Å². The molecule has 1 saturated heterocycles. The van der Waals surface area contributed by atoms with Crippen LogP contribution in [0.2, 0.25) is 0 Å². The Morgan fingerprint density at radius 1 is 1.14 bits per heavy atom. The number of carbonyl (C=O) groups is 3. The number of likely N-dealkylation sites (tertiary alicyclic amines) is 1. The van der Waals surface area contributed by atoms with Crippen molar-refractivity contribution in [3.05, 3.63) is 88.5 Å². The monoisotopic (exact) mass is 438 g/mol. The van der Waals surface area contributed by atoms with Gasteiger partial charge in [-0.1, -0.05) is 34.1 Å². The third-order valence-electron chi connectivity index (χ3n) is 4.72. The molecule has 1 aliphatic heterocycles. The van der Waals surface area contributed by atoms with Crippen LogP contribution in [-0.4, -0.2) is 27.4 Å². The third kappa shape index (κ3) is 3.29. The van der Waals surface area contributed by atoms with Crippen LogP contribution >= 0.6 is 15.9 Å². The zero-order valence-corrected chi connectivity index (χ0v) is 16.2. The minimum atomic E-state index is -1.16. The second kappa shape index (κ2) is 7.52. The van der Waals surface area contributed by atoms with Gasteiger partial charge < -0.3 is 9.32 Å². The number of nitrogens with zero attached hydrogens (tertiary/aromatic N) is 2. The van der Waals surface area contributed by atoms with E-state index in [-0.39, 0.29) is 12.3 Å². The van der Waals surface area contributed by atoms with Gasteiger partial charge in [0.15, 0.2) is 5.76 Å². The Labute approximate surface area is 169 Å². The van der Waals surface area contributed by atoms with Gasteiger partial charge in [0, 0.05) is 23.4 Å². The largest absolute Gasteiger partial charge is 0.461 e. The summed E-state index contributed by atoms with van der Waals surface area (Å²) in [6.07, 6.45) is 4.64. The summed E-state index contributed by atoms with van der Waals surface area (Å²) in [6.45, 7) is 0.178. The maximum absolute atomic E-state index is 13.0. The van der Waals surface area contributed by atoms with Gasteiger partial charge in [-0.25, -0.2) is 0 Å². The van der Waals surface area contributed by atoms with Crippen LogP contribution in [0.1, 0.15) is 27.7 Å². The fourth-order valence-electron chi connectivity index (χ4n) is 3.48. The van der Waals surface area contributed by atoms with Crippen molar-refractivity contribution in [1.29, 1.82) is 0 Å². The predicted octanol–water partition coefficient (Wildman–Crippen LogP) is 3.59. The molecule has 3 heterocycles. The first-order valence-electron chi connectivity index (χ1n) is 8.63. The number of benzene rings is 1. The molecule has 3 aromatic rings. The molecule has 1 amide bonds. The van der Waals surface area contributed by atoms with Crippen LogP contribution in [0.25, 0.3) is 0 Å². The van der Waals surface area contributed by atoms with Gasteiger partial charge in [0.05, 0.1) is 12.3 Å². The first-order valence-corrected chi connectivity index (χ1v) is 9.42. The Bertz CT molecular complexity index is 1030. The lowest BCUT2D eigenvalue weighted by Gasteiger charge is -2.27. The van der Waals surface area contributed by atoms with Crippen molar-refractivity contribution in [3.8, 4) is 0 Å². The quantitative estimate of drug-likeness (QED) is 0.345. The molecule has 140 valence electrons. The van der Waals surface area contributed by atoms with Crippen LogP contribution in [0.15, 0.2) is 76.1 Å². The zero-order chi connectivity index (χ0) is 19.7. The number of furan rings is 1. The fourth-order valence-corrected chi connectivity index (χ4v) is 3.90. The SMILES string of the molecule is O=C1C(=O)N(Cc2cccnc2)C(c2cccc(Br)c2)C1C(=O)c1ccco1. The molecular formula is C21H15BrN2O4. The number of pyridine rings is 1. The van der Waals surface area contributed by atoms with Crippen LogP contribution in [0.4, 0.5) is 0 Å². The van der Waals surface area contributed by atoms with Gasteiger partial charge in [-0.15, -0.1) is 0 Å². The maximum atomic E-state index is 13.0. The minimum Gasteiger partial charge on any atom is -0.461 e. The second-order valence-corrected chi connectivity index (χ2v) is 7.39. The molecule has 0 radical (unpaired) electrons. The molecule has 0 saturated carbocycles. The van der Waals surface area contributed by atoms with Crippen LogP contribution in [0.5, 0.6) is 0 Å². The summed E-state index contributed by atoms with van der Waals surface area (Å²) in [5.74, 6) is -3.00. The van der Waals surface area contributed by atoms with Crippen molar-refractivity contribution < 1.29 is 18.8 Å². The van der Waals surface area contributed by atoms with Crippen molar-refractivity contribution in [2.45, 2.75) is 12.6 Å². The molecule has 0 spiro atoms. The van der Waals surface area contributed by atoms with E-state index in [4.69, 9.17) is 4.42 Å². The summed E-state index contributed by atoms with van der Waals surface area (Å²) in [5, 5.41) is 0. The summed E-state index contributed by atoms with van der Waals surface area (Å²) in [7, 11) is 0. The van der Waals surface area contributed by atoms with Crippen molar-refractivity contribution in [3.63, 3.8) is 0 Å². The van der Waals surface area contributed by atoms with E-state index in [9.17, 15) is 14.4 Å². The Balaban J connectivity index is 1.79. The Kier molecular flexibility index (Phi) is 4.92. The molecule has 2 aromatic heterocycles. The summed E-state index contributed by atoms with van der Waals surface area (Å²) in [6, 6.07) is 13.2.